The number of carbonyl (C=O) groups excluding carboxylic acids is 5. The van der Waals surface area contributed by atoms with Crippen molar-refractivity contribution in [1.29, 1.82) is 0 Å². The van der Waals surface area contributed by atoms with Gasteiger partial charge in [0.05, 0.1) is 17.5 Å². The van der Waals surface area contributed by atoms with E-state index >= 15 is 0 Å². The molecule has 11 heteroatoms. The van der Waals surface area contributed by atoms with E-state index in [9.17, 15) is 34.2 Å². The number of nitrogens with one attached hydrogen (secondary N) is 1. The van der Waals surface area contributed by atoms with Crippen LogP contribution in [0.2, 0.25) is 0 Å². The highest BCUT2D eigenvalue weighted by Gasteiger charge is 2.69. The van der Waals surface area contributed by atoms with Crippen molar-refractivity contribution in [2.45, 2.75) is 44.4 Å². The highest BCUT2D eigenvalue weighted by atomic mass is 16.3. The minimum Gasteiger partial charge on any atom is -0.507 e. The molecular formula is C27H36N4O7. The number of rotatable bonds is 7. The van der Waals surface area contributed by atoms with Gasteiger partial charge in [0.15, 0.2) is 34.7 Å². The van der Waals surface area contributed by atoms with Gasteiger partial charge in [-0.2, -0.15) is 0 Å². The number of amides is 1. The predicted molar refractivity (Wildman–Crippen MR) is 138 cm³/mol. The van der Waals surface area contributed by atoms with Crippen molar-refractivity contribution < 1.29 is 34.2 Å². The smallest absolute Gasteiger partial charge is 0.235 e. The Labute approximate surface area is 221 Å². The number of benzene rings is 1. The first-order valence-electron chi connectivity index (χ1n) is 12.9. The molecule has 3 aliphatic rings. The number of carbonyl (C=O) groups is 5. The summed E-state index contributed by atoms with van der Waals surface area (Å²) < 4.78 is 0. The molecule has 4 rings (SSSR count). The number of anilines is 1. The Morgan fingerprint density at radius 1 is 1.16 bits per heavy atom. The fourth-order valence-corrected chi connectivity index (χ4v) is 6.82. The predicted octanol–water partition coefficient (Wildman–Crippen LogP) is -0.567. The van der Waals surface area contributed by atoms with Crippen LogP contribution in [0.4, 0.5) is 5.69 Å². The molecule has 11 nitrogen and oxygen atoms in total. The quantitative estimate of drug-likeness (QED) is 0.265. The van der Waals surface area contributed by atoms with Crippen molar-refractivity contribution in [3.8, 4) is 5.75 Å². The number of Topliss-reactive ketones (excluding diaryl/α,β-unsaturated/α-hetero) is 4. The molecule has 0 radical (unpaired) electrons. The van der Waals surface area contributed by atoms with E-state index in [1.807, 2.05) is 25.9 Å². The Bertz CT molecular complexity index is 1230. The standard InChI is InChI=1S/C27H36N4O7/c1-6-7-29-11-13-10-16(32)18-14(20(13)30(2)3)8-12-9-15-21(31(4)5)23(34)19(26(28)37)25(36)27(15,38)24(35)17(12)22(18)33/h10,12,15,17,19,21,29,32,38H,6-9,11H2,1-5H3,(H2,28,37)/t12-,15-,17?,19?,21-,27-/m0/s1. The first-order valence-corrected chi connectivity index (χ1v) is 12.9. The summed E-state index contributed by atoms with van der Waals surface area (Å²) in [6, 6.07) is 0.387. The summed E-state index contributed by atoms with van der Waals surface area (Å²) in [7, 11) is 6.79. The van der Waals surface area contributed by atoms with Gasteiger partial charge in [-0.15, -0.1) is 0 Å². The number of aromatic hydroxyl groups is 1. The van der Waals surface area contributed by atoms with Crippen molar-refractivity contribution >= 4 is 34.7 Å². The van der Waals surface area contributed by atoms with Crippen LogP contribution in [-0.2, 0) is 32.1 Å². The maximum atomic E-state index is 13.9. The van der Waals surface area contributed by atoms with E-state index in [0.29, 0.717) is 12.1 Å². The van der Waals surface area contributed by atoms with E-state index in [2.05, 4.69) is 5.32 Å². The zero-order chi connectivity index (χ0) is 28.3. The molecule has 5 N–H and O–H groups in total. The van der Waals surface area contributed by atoms with Gasteiger partial charge in [0.25, 0.3) is 0 Å². The molecule has 0 spiro atoms. The van der Waals surface area contributed by atoms with Crippen molar-refractivity contribution in [3.05, 3.63) is 22.8 Å². The van der Waals surface area contributed by atoms with Gasteiger partial charge >= 0.3 is 0 Å². The number of nitrogens with zero attached hydrogens (tertiary/aromatic N) is 2. The molecule has 6 atom stereocenters. The van der Waals surface area contributed by atoms with Gasteiger partial charge in [-0.25, -0.2) is 0 Å². The number of phenolic OH excluding ortho intramolecular Hbond substituents is 1. The summed E-state index contributed by atoms with van der Waals surface area (Å²) in [4.78, 5) is 69.7. The van der Waals surface area contributed by atoms with E-state index in [1.54, 1.807) is 14.1 Å². The molecule has 2 saturated carbocycles. The number of fused-ring (bicyclic) bond motifs is 3. The van der Waals surface area contributed by atoms with Crippen molar-refractivity contribution in [1.82, 2.24) is 10.2 Å². The third-order valence-electron chi connectivity index (χ3n) is 8.30. The minimum absolute atomic E-state index is 0.000429. The summed E-state index contributed by atoms with van der Waals surface area (Å²) in [5.41, 5.74) is 4.78. The number of hydrogen-bond donors (Lipinski definition) is 4. The summed E-state index contributed by atoms with van der Waals surface area (Å²) in [6.07, 6.45) is 1.17. The number of phenols is 1. The maximum absolute atomic E-state index is 13.9. The van der Waals surface area contributed by atoms with Crippen molar-refractivity contribution in [3.63, 3.8) is 0 Å². The maximum Gasteiger partial charge on any atom is 0.235 e. The van der Waals surface area contributed by atoms with E-state index < -0.39 is 64.4 Å². The van der Waals surface area contributed by atoms with Gasteiger partial charge in [0.1, 0.15) is 5.75 Å². The van der Waals surface area contributed by atoms with E-state index in [4.69, 9.17) is 5.73 Å². The van der Waals surface area contributed by atoms with Crippen LogP contribution >= 0.6 is 0 Å². The molecule has 1 amide bonds. The topological polar surface area (TPSA) is 170 Å². The van der Waals surface area contributed by atoms with Crippen LogP contribution in [0.3, 0.4) is 0 Å². The lowest BCUT2D eigenvalue weighted by atomic mass is 9.52. The third-order valence-corrected chi connectivity index (χ3v) is 8.30. The van der Waals surface area contributed by atoms with Crippen LogP contribution < -0.4 is 16.0 Å². The van der Waals surface area contributed by atoms with E-state index in [-0.39, 0.29) is 24.2 Å². The second kappa shape index (κ2) is 9.87. The zero-order valence-electron chi connectivity index (χ0n) is 22.4. The molecule has 206 valence electrons. The van der Waals surface area contributed by atoms with Gasteiger partial charge in [-0.05, 0) is 63.0 Å². The van der Waals surface area contributed by atoms with Gasteiger partial charge in [0, 0.05) is 32.2 Å². The highest BCUT2D eigenvalue weighted by Crippen LogP contribution is 2.52. The molecule has 0 bridgehead atoms. The lowest BCUT2D eigenvalue weighted by Crippen LogP contribution is -2.74. The zero-order valence-corrected chi connectivity index (χ0v) is 22.4. The number of ketones is 4. The van der Waals surface area contributed by atoms with Gasteiger partial charge in [-0.3, -0.25) is 28.9 Å². The van der Waals surface area contributed by atoms with Crippen LogP contribution in [0.1, 0.15) is 41.3 Å². The Kier molecular flexibility index (Phi) is 7.24. The molecule has 0 aliphatic heterocycles. The fraction of sp³-hybridized carbons (Fsp3) is 0.593. The first kappa shape index (κ1) is 27.9. The summed E-state index contributed by atoms with van der Waals surface area (Å²) in [5.74, 6) is -10.4. The normalized spacial score (nSPS) is 30.7. The molecule has 1 aromatic rings. The number of primary amides is 1. The Morgan fingerprint density at radius 2 is 1.82 bits per heavy atom. The van der Waals surface area contributed by atoms with Crippen molar-refractivity contribution in [2.24, 2.45) is 29.4 Å². The largest absolute Gasteiger partial charge is 0.507 e. The Morgan fingerprint density at radius 3 is 2.37 bits per heavy atom. The number of hydrogen-bond acceptors (Lipinski definition) is 10. The number of aliphatic hydroxyl groups is 1. The highest BCUT2D eigenvalue weighted by molar-refractivity contribution is 6.32. The average molecular weight is 529 g/mol. The molecule has 0 heterocycles. The SMILES string of the molecule is CCCNCc1cc(O)c2c(c1N(C)C)C[C@H]1C[C@H]3[C@H](N(C)C)C(=O)C(C(N)=O)C(=O)[C@@]3(O)C(=O)C1C2=O. The van der Waals surface area contributed by atoms with Gasteiger partial charge < -0.3 is 26.2 Å². The lowest BCUT2D eigenvalue weighted by Gasteiger charge is -2.52. The van der Waals surface area contributed by atoms with Gasteiger partial charge in [0.2, 0.25) is 5.91 Å². The van der Waals surface area contributed by atoms with Gasteiger partial charge in [-0.1, -0.05) is 6.92 Å². The summed E-state index contributed by atoms with van der Waals surface area (Å²) >= 11 is 0. The molecule has 1 aromatic carbocycles. The monoisotopic (exact) mass is 528 g/mol. The Balaban J connectivity index is 1.86. The third kappa shape index (κ3) is 3.95. The van der Waals surface area contributed by atoms with Crippen molar-refractivity contribution in [2.75, 3.05) is 39.6 Å². The fourth-order valence-electron chi connectivity index (χ4n) is 6.82. The molecule has 0 saturated heterocycles. The second-order valence-electron chi connectivity index (χ2n) is 11.1. The van der Waals surface area contributed by atoms with Crippen LogP contribution in [0.15, 0.2) is 6.07 Å². The molecule has 38 heavy (non-hydrogen) atoms. The second-order valence-corrected chi connectivity index (χ2v) is 11.1. The molecule has 2 fully saturated rings. The van der Waals surface area contributed by atoms with Crippen LogP contribution in [0, 0.1) is 23.7 Å². The lowest BCUT2D eigenvalue weighted by molar-refractivity contribution is -0.181. The first-order chi connectivity index (χ1) is 17.8. The minimum atomic E-state index is -2.72. The molecule has 2 unspecified atom stereocenters. The summed E-state index contributed by atoms with van der Waals surface area (Å²) in [5, 5.41) is 25.9. The van der Waals surface area contributed by atoms with Crippen LogP contribution in [-0.4, -0.2) is 90.5 Å². The van der Waals surface area contributed by atoms with E-state index in [1.165, 1.54) is 11.0 Å². The number of likely N-dealkylation sites (N-methyl/N-ethyl adjacent to an activating group) is 1. The molecule has 3 aliphatic carbocycles. The van der Waals surface area contributed by atoms with E-state index in [0.717, 1.165) is 24.2 Å². The van der Waals surface area contributed by atoms with Crippen LogP contribution in [0.25, 0.3) is 0 Å². The average Bonchev–Trinajstić information content (AvgIpc) is 2.80. The van der Waals surface area contributed by atoms with Crippen LogP contribution in [0.5, 0.6) is 5.75 Å². The molecule has 0 aromatic heterocycles. The summed E-state index contributed by atoms with van der Waals surface area (Å²) in [6.45, 7) is 3.27. The Hall–Kier alpha value is -3.15. The molecular weight excluding hydrogens is 492 g/mol. The number of nitrogens with two attached hydrogens (primary N) is 1.